The van der Waals surface area contributed by atoms with Gasteiger partial charge in [0.1, 0.15) is 23.0 Å². The second-order valence-electron chi connectivity index (χ2n) is 3.26. The number of aromatic nitrogens is 1. The van der Waals surface area contributed by atoms with Gasteiger partial charge in [0, 0.05) is 0 Å². The molecule has 0 unspecified atom stereocenters. The largest absolute Gasteiger partial charge is 0.441 e. The van der Waals surface area contributed by atoms with Crippen LogP contribution in [0.4, 0.5) is 8.78 Å². The van der Waals surface area contributed by atoms with Gasteiger partial charge in [-0.25, -0.2) is 13.8 Å². The summed E-state index contributed by atoms with van der Waals surface area (Å²) in [6.45, 7) is 3.42. The van der Waals surface area contributed by atoms with Crippen LogP contribution in [-0.4, -0.2) is 4.98 Å². The number of hydrogen-bond acceptors (Lipinski definition) is 2. The lowest BCUT2D eigenvalue weighted by Gasteiger charge is -1.98. The molecule has 0 atom stereocenters. The summed E-state index contributed by atoms with van der Waals surface area (Å²) in [6, 6.07) is 3.65. The quantitative estimate of drug-likeness (QED) is 0.720. The van der Waals surface area contributed by atoms with Crippen molar-refractivity contribution in [3.05, 3.63) is 41.3 Å². The summed E-state index contributed by atoms with van der Waals surface area (Å²) in [7, 11) is 0. The molecule has 1 aromatic carbocycles. The molecule has 0 saturated heterocycles. The van der Waals surface area contributed by atoms with Gasteiger partial charge in [0.05, 0.1) is 5.69 Å². The van der Waals surface area contributed by atoms with E-state index in [2.05, 4.69) is 4.98 Å². The van der Waals surface area contributed by atoms with E-state index in [9.17, 15) is 8.78 Å². The molecule has 0 aliphatic carbocycles. The van der Waals surface area contributed by atoms with Gasteiger partial charge in [-0.3, -0.25) is 0 Å². The molecule has 0 aliphatic heterocycles. The van der Waals surface area contributed by atoms with Crippen LogP contribution in [0, 0.1) is 25.5 Å². The normalized spacial score (nSPS) is 10.7. The Hall–Kier alpha value is -1.71. The number of nitrogens with zero attached hydrogens (tertiary/aromatic N) is 1. The van der Waals surface area contributed by atoms with Crippen molar-refractivity contribution in [3.8, 4) is 11.5 Å². The molecule has 0 saturated carbocycles. The Morgan fingerprint density at radius 3 is 2.20 bits per heavy atom. The number of oxazole rings is 1. The Labute approximate surface area is 85.6 Å². The standard InChI is InChI=1S/C11H9F2NO/c1-6-7(2)15-11(14-6)10-8(12)4-3-5-9(10)13/h3-5H,1-2H3. The van der Waals surface area contributed by atoms with Gasteiger partial charge >= 0.3 is 0 Å². The smallest absolute Gasteiger partial charge is 0.232 e. The monoisotopic (exact) mass is 209 g/mol. The highest BCUT2D eigenvalue weighted by Crippen LogP contribution is 2.26. The van der Waals surface area contributed by atoms with E-state index in [1.807, 2.05) is 0 Å². The van der Waals surface area contributed by atoms with Gasteiger partial charge in [0.15, 0.2) is 0 Å². The molecule has 0 amide bonds. The van der Waals surface area contributed by atoms with Gasteiger partial charge in [-0.15, -0.1) is 0 Å². The first-order chi connectivity index (χ1) is 7.09. The van der Waals surface area contributed by atoms with Crippen molar-refractivity contribution in [1.29, 1.82) is 0 Å². The Bertz CT molecular complexity index is 466. The number of hydrogen-bond donors (Lipinski definition) is 0. The second kappa shape index (κ2) is 3.46. The number of halogens is 2. The molecule has 0 spiro atoms. The maximum Gasteiger partial charge on any atom is 0.232 e. The minimum absolute atomic E-state index is 0.0133. The second-order valence-corrected chi connectivity index (χ2v) is 3.26. The van der Waals surface area contributed by atoms with Crippen molar-refractivity contribution in [2.45, 2.75) is 13.8 Å². The van der Waals surface area contributed by atoms with Crippen molar-refractivity contribution >= 4 is 0 Å². The van der Waals surface area contributed by atoms with Crippen molar-refractivity contribution in [2.24, 2.45) is 0 Å². The first-order valence-corrected chi connectivity index (χ1v) is 4.48. The molecule has 1 heterocycles. The van der Waals surface area contributed by atoms with Crippen LogP contribution in [0.5, 0.6) is 0 Å². The fraction of sp³-hybridized carbons (Fsp3) is 0.182. The van der Waals surface area contributed by atoms with E-state index in [1.54, 1.807) is 13.8 Å². The molecule has 0 radical (unpaired) electrons. The lowest BCUT2D eigenvalue weighted by atomic mass is 10.2. The Morgan fingerprint density at radius 2 is 1.73 bits per heavy atom. The van der Waals surface area contributed by atoms with Crippen LogP contribution < -0.4 is 0 Å². The van der Waals surface area contributed by atoms with Crippen molar-refractivity contribution in [2.75, 3.05) is 0 Å². The van der Waals surface area contributed by atoms with Crippen molar-refractivity contribution in [3.63, 3.8) is 0 Å². The van der Waals surface area contributed by atoms with Crippen LogP contribution in [0.15, 0.2) is 22.6 Å². The van der Waals surface area contributed by atoms with Crippen molar-refractivity contribution < 1.29 is 13.2 Å². The topological polar surface area (TPSA) is 26.0 Å². The average molecular weight is 209 g/mol. The summed E-state index contributed by atoms with van der Waals surface area (Å²) in [4.78, 5) is 3.96. The Kier molecular flexibility index (Phi) is 2.26. The summed E-state index contributed by atoms with van der Waals surface area (Å²) in [6.07, 6.45) is 0. The molecule has 0 fully saturated rings. The van der Waals surface area contributed by atoms with Crippen LogP contribution >= 0.6 is 0 Å². The van der Waals surface area contributed by atoms with E-state index in [4.69, 9.17) is 4.42 Å². The van der Waals surface area contributed by atoms with E-state index in [0.29, 0.717) is 11.5 Å². The molecule has 2 rings (SSSR count). The van der Waals surface area contributed by atoms with E-state index in [-0.39, 0.29) is 11.5 Å². The number of rotatable bonds is 1. The molecular formula is C11H9F2NO. The summed E-state index contributed by atoms with van der Waals surface area (Å²) < 4.78 is 31.8. The molecule has 2 nitrogen and oxygen atoms in total. The van der Waals surface area contributed by atoms with E-state index < -0.39 is 11.6 Å². The zero-order chi connectivity index (χ0) is 11.0. The molecule has 78 valence electrons. The average Bonchev–Trinajstić information content (AvgIpc) is 2.46. The summed E-state index contributed by atoms with van der Waals surface area (Å²) >= 11 is 0. The predicted octanol–water partition coefficient (Wildman–Crippen LogP) is 3.24. The SMILES string of the molecule is Cc1nc(-c2c(F)cccc2F)oc1C. The first kappa shape index (κ1) is 9.83. The Morgan fingerprint density at radius 1 is 1.13 bits per heavy atom. The summed E-state index contributed by atoms with van der Waals surface area (Å²) in [5.74, 6) is -0.791. The lowest BCUT2D eigenvalue weighted by molar-refractivity contribution is 0.521. The number of aryl methyl sites for hydroxylation is 2. The van der Waals surface area contributed by atoms with Crippen LogP contribution in [0.25, 0.3) is 11.5 Å². The number of benzene rings is 1. The predicted molar refractivity (Wildman–Crippen MR) is 51.3 cm³/mol. The summed E-state index contributed by atoms with van der Waals surface area (Å²) in [5.41, 5.74) is 0.418. The van der Waals surface area contributed by atoms with E-state index >= 15 is 0 Å². The van der Waals surface area contributed by atoms with Gasteiger partial charge < -0.3 is 4.42 Å². The molecule has 4 heteroatoms. The summed E-state index contributed by atoms with van der Waals surface area (Å²) in [5, 5.41) is 0. The maximum atomic E-state index is 13.3. The van der Waals surface area contributed by atoms with E-state index in [0.717, 1.165) is 0 Å². The highest BCUT2D eigenvalue weighted by atomic mass is 19.1. The lowest BCUT2D eigenvalue weighted by Crippen LogP contribution is -1.89. The highest BCUT2D eigenvalue weighted by molar-refractivity contribution is 5.55. The van der Waals surface area contributed by atoms with Gasteiger partial charge in [-0.05, 0) is 26.0 Å². The minimum Gasteiger partial charge on any atom is -0.441 e. The first-order valence-electron chi connectivity index (χ1n) is 4.48. The van der Waals surface area contributed by atoms with Crippen LogP contribution in [0.3, 0.4) is 0 Å². The fourth-order valence-corrected chi connectivity index (χ4v) is 1.28. The Balaban J connectivity index is 2.63. The third kappa shape index (κ3) is 1.63. The molecule has 15 heavy (non-hydrogen) atoms. The maximum absolute atomic E-state index is 13.3. The van der Waals surface area contributed by atoms with Crippen molar-refractivity contribution in [1.82, 2.24) is 4.98 Å². The molecule has 0 aliphatic rings. The van der Waals surface area contributed by atoms with Gasteiger partial charge in [-0.1, -0.05) is 6.07 Å². The van der Waals surface area contributed by atoms with Gasteiger partial charge in [-0.2, -0.15) is 0 Å². The fourth-order valence-electron chi connectivity index (χ4n) is 1.28. The van der Waals surface area contributed by atoms with Gasteiger partial charge in [0.2, 0.25) is 5.89 Å². The third-order valence-corrected chi connectivity index (χ3v) is 2.21. The van der Waals surface area contributed by atoms with Gasteiger partial charge in [0.25, 0.3) is 0 Å². The molecule has 0 N–H and O–H groups in total. The van der Waals surface area contributed by atoms with Crippen LogP contribution in [-0.2, 0) is 0 Å². The molecule has 1 aromatic heterocycles. The molecule has 2 aromatic rings. The zero-order valence-corrected chi connectivity index (χ0v) is 8.34. The van der Waals surface area contributed by atoms with Crippen LogP contribution in [0.1, 0.15) is 11.5 Å². The highest BCUT2D eigenvalue weighted by Gasteiger charge is 2.16. The zero-order valence-electron chi connectivity index (χ0n) is 8.34. The molecule has 0 bridgehead atoms. The van der Waals surface area contributed by atoms with Crippen LogP contribution in [0.2, 0.25) is 0 Å². The van der Waals surface area contributed by atoms with E-state index in [1.165, 1.54) is 18.2 Å². The minimum atomic E-state index is -0.670. The molecular weight excluding hydrogens is 200 g/mol. The third-order valence-electron chi connectivity index (χ3n) is 2.21.